The topological polar surface area (TPSA) is 235 Å². The van der Waals surface area contributed by atoms with Crippen molar-refractivity contribution in [1.29, 1.82) is 0 Å². The maximum Gasteiger partial charge on any atom is 0.326 e. The molecule has 0 aromatic heterocycles. The number of guanidine groups is 1. The summed E-state index contributed by atoms with van der Waals surface area (Å²) < 4.78 is 0. The van der Waals surface area contributed by atoms with Crippen molar-refractivity contribution in [2.45, 2.75) is 63.7 Å². The van der Waals surface area contributed by atoms with Crippen LogP contribution in [0.5, 0.6) is 0 Å². The molecule has 196 valence electrons. The summed E-state index contributed by atoms with van der Waals surface area (Å²) >= 11 is 1.51. The molecule has 0 aliphatic heterocycles. The summed E-state index contributed by atoms with van der Waals surface area (Å²) in [6, 6.07) is -4.51. The molecule has 5 unspecified atom stereocenters. The highest BCUT2D eigenvalue weighted by Gasteiger charge is 2.31. The minimum atomic E-state index is -1.34. The largest absolute Gasteiger partial charge is 0.480 e. The molecule has 0 spiro atoms. The molecule has 13 nitrogen and oxygen atoms in total. The molecule has 0 saturated carbocycles. The quantitative estimate of drug-likeness (QED) is 0.0597. The first-order valence-electron chi connectivity index (χ1n) is 11.0. The zero-order valence-electron chi connectivity index (χ0n) is 20.0. The van der Waals surface area contributed by atoms with Crippen molar-refractivity contribution in [1.82, 2.24) is 16.0 Å². The summed E-state index contributed by atoms with van der Waals surface area (Å²) in [6.07, 6.45) is 3.14. The minimum absolute atomic E-state index is 0.0839. The highest BCUT2D eigenvalue weighted by molar-refractivity contribution is 7.98. The van der Waals surface area contributed by atoms with E-state index in [4.69, 9.17) is 17.2 Å². The van der Waals surface area contributed by atoms with Gasteiger partial charge in [-0.1, -0.05) is 20.3 Å². The fourth-order valence-corrected chi connectivity index (χ4v) is 3.32. The van der Waals surface area contributed by atoms with Crippen LogP contribution in [0.1, 0.15) is 39.5 Å². The van der Waals surface area contributed by atoms with Crippen LogP contribution in [0.4, 0.5) is 0 Å². The molecule has 0 bridgehead atoms. The summed E-state index contributed by atoms with van der Waals surface area (Å²) in [5.74, 6) is -3.19. The van der Waals surface area contributed by atoms with Gasteiger partial charge in [-0.3, -0.25) is 19.4 Å². The molecule has 0 aromatic carbocycles. The van der Waals surface area contributed by atoms with Crippen molar-refractivity contribution in [3.63, 3.8) is 0 Å². The van der Waals surface area contributed by atoms with Crippen molar-refractivity contribution in [3.05, 3.63) is 0 Å². The first-order valence-corrected chi connectivity index (χ1v) is 12.4. The van der Waals surface area contributed by atoms with E-state index < -0.39 is 54.5 Å². The van der Waals surface area contributed by atoms with Crippen LogP contribution in [0, 0.1) is 5.92 Å². The molecule has 0 saturated heterocycles. The van der Waals surface area contributed by atoms with Crippen molar-refractivity contribution in [3.8, 4) is 0 Å². The number of aliphatic hydroxyl groups excluding tert-OH is 1. The van der Waals surface area contributed by atoms with Crippen LogP contribution in [-0.2, 0) is 19.2 Å². The predicted molar refractivity (Wildman–Crippen MR) is 131 cm³/mol. The minimum Gasteiger partial charge on any atom is -0.480 e. The van der Waals surface area contributed by atoms with Gasteiger partial charge in [-0.15, -0.1) is 0 Å². The Balaban J connectivity index is 5.40. The number of amides is 3. The third-order valence-corrected chi connectivity index (χ3v) is 5.78. The second-order valence-electron chi connectivity index (χ2n) is 7.85. The molecule has 0 fully saturated rings. The number of nitrogens with one attached hydrogen (secondary N) is 3. The smallest absolute Gasteiger partial charge is 0.326 e. The number of aliphatic hydroxyl groups is 1. The highest BCUT2D eigenvalue weighted by atomic mass is 32.2. The average Bonchev–Trinajstić information content (AvgIpc) is 2.79. The summed E-state index contributed by atoms with van der Waals surface area (Å²) in [7, 11) is 0. The third kappa shape index (κ3) is 12.0. The van der Waals surface area contributed by atoms with E-state index in [0.717, 1.165) is 0 Å². The zero-order valence-corrected chi connectivity index (χ0v) is 20.8. The van der Waals surface area contributed by atoms with Gasteiger partial charge in [-0.05, 0) is 37.2 Å². The van der Waals surface area contributed by atoms with Gasteiger partial charge in [0.1, 0.15) is 18.1 Å². The van der Waals surface area contributed by atoms with Gasteiger partial charge in [0.25, 0.3) is 0 Å². The number of aliphatic imine (C=N–C) groups is 1. The molecular formula is C20H39N7O6S. The van der Waals surface area contributed by atoms with Gasteiger partial charge in [0.05, 0.1) is 12.6 Å². The molecule has 0 aromatic rings. The first-order chi connectivity index (χ1) is 16.0. The monoisotopic (exact) mass is 505 g/mol. The van der Waals surface area contributed by atoms with Crippen LogP contribution in [0.2, 0.25) is 0 Å². The van der Waals surface area contributed by atoms with Crippen molar-refractivity contribution >= 4 is 41.4 Å². The fraction of sp³-hybridized carbons (Fsp3) is 0.750. The summed E-state index contributed by atoms with van der Waals surface area (Å²) in [5.41, 5.74) is 16.4. The van der Waals surface area contributed by atoms with Crippen LogP contribution in [0.3, 0.4) is 0 Å². The summed E-state index contributed by atoms with van der Waals surface area (Å²) in [5, 5.41) is 26.4. The number of hydrogen-bond donors (Lipinski definition) is 8. The molecule has 11 N–H and O–H groups in total. The Morgan fingerprint density at radius 3 is 2.09 bits per heavy atom. The van der Waals surface area contributed by atoms with Crippen molar-refractivity contribution in [2.75, 3.05) is 25.2 Å². The van der Waals surface area contributed by atoms with Crippen molar-refractivity contribution in [2.24, 2.45) is 28.1 Å². The van der Waals surface area contributed by atoms with Gasteiger partial charge in [0.2, 0.25) is 17.7 Å². The number of nitrogens with two attached hydrogens (primary N) is 3. The van der Waals surface area contributed by atoms with Crippen LogP contribution in [0.15, 0.2) is 4.99 Å². The van der Waals surface area contributed by atoms with E-state index in [1.54, 1.807) is 13.8 Å². The van der Waals surface area contributed by atoms with Gasteiger partial charge in [0.15, 0.2) is 5.96 Å². The molecule has 0 aliphatic rings. The van der Waals surface area contributed by atoms with Crippen LogP contribution >= 0.6 is 11.8 Å². The number of nitrogens with zero attached hydrogens (tertiary/aromatic N) is 1. The van der Waals surface area contributed by atoms with E-state index in [2.05, 4.69) is 20.9 Å². The van der Waals surface area contributed by atoms with Crippen LogP contribution in [0.25, 0.3) is 0 Å². The van der Waals surface area contributed by atoms with Gasteiger partial charge in [-0.25, -0.2) is 4.79 Å². The number of hydrogen-bond acceptors (Lipinski definition) is 8. The Bertz CT molecular complexity index is 705. The lowest BCUT2D eigenvalue weighted by Gasteiger charge is -2.26. The second kappa shape index (κ2) is 16.9. The SMILES string of the molecule is CCC(C)C(NC(=O)C(CCCN=C(N)N)NC(=O)C(CO)NC(=O)C(N)CCSC)C(=O)O. The Morgan fingerprint density at radius 2 is 1.59 bits per heavy atom. The lowest BCUT2D eigenvalue weighted by molar-refractivity contribution is -0.144. The van der Waals surface area contributed by atoms with Crippen LogP contribution in [-0.4, -0.2) is 89.2 Å². The summed E-state index contributed by atoms with van der Waals surface area (Å²) in [4.78, 5) is 53.2. The van der Waals surface area contributed by atoms with E-state index in [-0.39, 0.29) is 24.8 Å². The van der Waals surface area contributed by atoms with Crippen LogP contribution < -0.4 is 33.2 Å². The molecule has 0 heterocycles. The lowest BCUT2D eigenvalue weighted by atomic mass is 9.98. The lowest BCUT2D eigenvalue weighted by Crippen LogP contribution is -2.58. The molecular weight excluding hydrogens is 466 g/mol. The Kier molecular flexibility index (Phi) is 15.7. The molecule has 0 aliphatic carbocycles. The maximum absolute atomic E-state index is 12.9. The average molecular weight is 506 g/mol. The normalized spacial score (nSPS) is 15.2. The van der Waals surface area contributed by atoms with E-state index in [1.165, 1.54) is 11.8 Å². The standard InChI is InChI=1S/C20H39N7O6S/c1-4-11(2)15(19(32)33)27-17(30)13(6-5-8-24-20(22)23)25-18(31)14(10-28)26-16(29)12(21)7-9-34-3/h11-15,28H,4-10,21H2,1-3H3,(H,25,31)(H,26,29)(H,27,30)(H,32,33)(H4,22,23,24). The first kappa shape index (κ1) is 31.4. The molecule has 34 heavy (non-hydrogen) atoms. The number of carboxylic acid groups (broad SMARTS) is 1. The van der Waals surface area contributed by atoms with Crippen molar-refractivity contribution < 1.29 is 29.4 Å². The molecule has 0 radical (unpaired) electrons. The second-order valence-corrected chi connectivity index (χ2v) is 8.84. The Morgan fingerprint density at radius 1 is 1.00 bits per heavy atom. The number of carbonyl (C=O) groups excluding carboxylic acids is 3. The third-order valence-electron chi connectivity index (χ3n) is 5.14. The molecule has 3 amide bonds. The number of rotatable bonds is 17. The number of carbonyl (C=O) groups is 4. The van der Waals surface area contributed by atoms with E-state index >= 15 is 0 Å². The predicted octanol–water partition coefficient (Wildman–Crippen LogP) is -2.30. The van der Waals surface area contributed by atoms with Gasteiger partial charge in [-0.2, -0.15) is 11.8 Å². The number of thioether (sulfide) groups is 1. The number of aliphatic carboxylic acids is 1. The van der Waals surface area contributed by atoms with Gasteiger partial charge >= 0.3 is 5.97 Å². The molecule has 0 rings (SSSR count). The highest BCUT2D eigenvalue weighted by Crippen LogP contribution is 2.09. The van der Waals surface area contributed by atoms with Gasteiger partial charge < -0.3 is 43.4 Å². The molecule has 5 atom stereocenters. The Labute approximate surface area is 204 Å². The summed E-state index contributed by atoms with van der Waals surface area (Å²) in [6.45, 7) is 2.93. The van der Waals surface area contributed by atoms with E-state index in [1.807, 2.05) is 6.26 Å². The molecule has 14 heteroatoms. The van der Waals surface area contributed by atoms with E-state index in [9.17, 15) is 29.4 Å². The maximum atomic E-state index is 12.9. The fourth-order valence-electron chi connectivity index (χ4n) is 2.83. The zero-order chi connectivity index (χ0) is 26.3. The Hall–Kier alpha value is -2.58. The van der Waals surface area contributed by atoms with E-state index in [0.29, 0.717) is 25.0 Å². The van der Waals surface area contributed by atoms with Gasteiger partial charge in [0, 0.05) is 6.54 Å². The number of carboxylic acids is 1.